The maximum atomic E-state index is 12.4. The van der Waals surface area contributed by atoms with E-state index in [9.17, 15) is 13.2 Å². The summed E-state index contributed by atoms with van der Waals surface area (Å²) in [5, 5.41) is 6.40. The number of furan rings is 1. The van der Waals surface area contributed by atoms with Crippen molar-refractivity contribution in [1.82, 2.24) is 10.2 Å². The molecule has 0 fully saturated rings. The molecule has 0 saturated heterocycles. The van der Waals surface area contributed by atoms with Crippen molar-refractivity contribution in [2.24, 2.45) is 0 Å². The monoisotopic (exact) mass is 280 g/mol. The lowest BCUT2D eigenvalue weighted by Crippen LogP contribution is -2.04. The summed E-state index contributed by atoms with van der Waals surface area (Å²) in [4.78, 5) is 0. The smallest absolute Gasteiger partial charge is 0.464 e. The Labute approximate surface area is 110 Å². The molecule has 0 radical (unpaired) electrons. The summed E-state index contributed by atoms with van der Waals surface area (Å²) in [5.41, 5.74) is 1.10. The molecule has 20 heavy (non-hydrogen) atoms. The molecule has 102 valence electrons. The molecule has 0 N–H and O–H groups in total. The quantitative estimate of drug-likeness (QED) is 0.711. The molecule has 0 aliphatic rings. The molecule has 1 aromatic carbocycles. The van der Waals surface area contributed by atoms with Gasteiger partial charge < -0.3 is 8.83 Å². The van der Waals surface area contributed by atoms with E-state index >= 15 is 0 Å². The Morgan fingerprint density at radius 1 is 0.950 bits per heavy atom. The topological polar surface area (TPSA) is 52.1 Å². The second-order valence-electron chi connectivity index (χ2n) is 3.97. The van der Waals surface area contributed by atoms with E-state index in [1.807, 2.05) is 0 Å². The Bertz CT molecular complexity index is 717. The summed E-state index contributed by atoms with van der Waals surface area (Å²) >= 11 is 0. The standard InChI is InChI=1S/C13H7F3N2O2/c14-13(15,16)12-18-17-11(20-12)9-4-1-3-8(7-9)10-5-2-6-19-10/h1-7H. The highest BCUT2D eigenvalue weighted by Gasteiger charge is 2.38. The zero-order chi connectivity index (χ0) is 14.2. The van der Waals surface area contributed by atoms with Gasteiger partial charge in [0.15, 0.2) is 0 Å². The van der Waals surface area contributed by atoms with Crippen molar-refractivity contribution in [2.45, 2.75) is 6.18 Å². The number of benzene rings is 1. The van der Waals surface area contributed by atoms with Crippen LogP contribution in [0.1, 0.15) is 5.89 Å². The Morgan fingerprint density at radius 3 is 2.40 bits per heavy atom. The molecule has 0 amide bonds. The van der Waals surface area contributed by atoms with Gasteiger partial charge in [-0.05, 0) is 24.3 Å². The number of hydrogen-bond acceptors (Lipinski definition) is 4. The van der Waals surface area contributed by atoms with Gasteiger partial charge in [-0.3, -0.25) is 0 Å². The molecular formula is C13H7F3N2O2. The molecule has 7 heteroatoms. The number of alkyl halides is 3. The van der Waals surface area contributed by atoms with Gasteiger partial charge in [-0.15, -0.1) is 10.2 Å². The Balaban J connectivity index is 1.99. The van der Waals surface area contributed by atoms with Crippen LogP contribution in [0.3, 0.4) is 0 Å². The zero-order valence-corrected chi connectivity index (χ0v) is 9.89. The van der Waals surface area contributed by atoms with E-state index in [2.05, 4.69) is 14.6 Å². The van der Waals surface area contributed by atoms with Gasteiger partial charge in [0.05, 0.1) is 6.26 Å². The number of nitrogens with zero attached hydrogens (tertiary/aromatic N) is 2. The van der Waals surface area contributed by atoms with Crippen LogP contribution in [0.15, 0.2) is 51.5 Å². The first-order valence-electron chi connectivity index (χ1n) is 5.59. The molecule has 3 rings (SSSR count). The predicted molar refractivity (Wildman–Crippen MR) is 62.4 cm³/mol. The van der Waals surface area contributed by atoms with Crippen LogP contribution in [0.5, 0.6) is 0 Å². The first-order valence-corrected chi connectivity index (χ1v) is 5.59. The number of halogens is 3. The van der Waals surface area contributed by atoms with Crippen molar-refractivity contribution in [2.75, 3.05) is 0 Å². The Kier molecular flexibility index (Phi) is 2.81. The van der Waals surface area contributed by atoms with Crippen LogP contribution in [0.2, 0.25) is 0 Å². The van der Waals surface area contributed by atoms with Gasteiger partial charge in [-0.1, -0.05) is 12.1 Å². The van der Waals surface area contributed by atoms with E-state index in [1.165, 1.54) is 6.26 Å². The summed E-state index contributed by atoms with van der Waals surface area (Å²) in [6.45, 7) is 0. The summed E-state index contributed by atoms with van der Waals surface area (Å²) in [6, 6.07) is 10.1. The number of rotatable bonds is 2. The second-order valence-corrected chi connectivity index (χ2v) is 3.97. The van der Waals surface area contributed by atoms with Crippen LogP contribution >= 0.6 is 0 Å². The average molecular weight is 280 g/mol. The Morgan fingerprint density at radius 2 is 1.75 bits per heavy atom. The van der Waals surface area contributed by atoms with E-state index in [1.54, 1.807) is 36.4 Å². The molecule has 0 saturated carbocycles. The molecule has 4 nitrogen and oxygen atoms in total. The van der Waals surface area contributed by atoms with Gasteiger partial charge in [0.2, 0.25) is 5.89 Å². The number of aromatic nitrogens is 2. The minimum absolute atomic E-state index is 0.189. The van der Waals surface area contributed by atoms with E-state index in [0.29, 0.717) is 16.9 Å². The summed E-state index contributed by atoms with van der Waals surface area (Å²) in [5.74, 6) is -0.955. The van der Waals surface area contributed by atoms with Gasteiger partial charge in [-0.2, -0.15) is 13.2 Å². The highest BCUT2D eigenvalue weighted by atomic mass is 19.4. The summed E-state index contributed by atoms with van der Waals surface area (Å²) in [6.07, 6.45) is -3.14. The largest absolute Gasteiger partial charge is 0.470 e. The predicted octanol–water partition coefficient (Wildman–Crippen LogP) is 4.02. The van der Waals surface area contributed by atoms with Crippen molar-refractivity contribution in [1.29, 1.82) is 0 Å². The first kappa shape index (κ1) is 12.5. The molecule has 2 aromatic heterocycles. The van der Waals surface area contributed by atoms with E-state index in [-0.39, 0.29) is 5.89 Å². The van der Waals surface area contributed by atoms with Gasteiger partial charge in [0, 0.05) is 11.1 Å². The van der Waals surface area contributed by atoms with Crippen LogP contribution in [-0.4, -0.2) is 10.2 Å². The maximum Gasteiger partial charge on any atom is 0.470 e. The maximum absolute atomic E-state index is 12.4. The summed E-state index contributed by atoms with van der Waals surface area (Å²) < 4.78 is 47.1. The molecule has 0 aliphatic heterocycles. The fourth-order valence-electron chi connectivity index (χ4n) is 1.70. The van der Waals surface area contributed by atoms with Crippen LogP contribution in [0.4, 0.5) is 13.2 Å². The molecule has 0 unspecified atom stereocenters. The van der Waals surface area contributed by atoms with E-state index < -0.39 is 12.1 Å². The third kappa shape index (κ3) is 2.29. The third-order valence-electron chi connectivity index (χ3n) is 2.58. The molecule has 0 aliphatic carbocycles. The average Bonchev–Trinajstić information content (AvgIpc) is 3.10. The molecule has 3 aromatic rings. The highest BCUT2D eigenvalue weighted by molar-refractivity contribution is 5.66. The SMILES string of the molecule is FC(F)(F)c1nnc(-c2cccc(-c3ccco3)c2)o1. The third-order valence-corrected chi connectivity index (χ3v) is 2.58. The minimum atomic E-state index is -4.65. The van der Waals surface area contributed by atoms with Crippen molar-refractivity contribution >= 4 is 0 Å². The zero-order valence-electron chi connectivity index (χ0n) is 9.89. The Hall–Kier alpha value is -2.57. The lowest BCUT2D eigenvalue weighted by atomic mass is 10.1. The fraction of sp³-hybridized carbons (Fsp3) is 0.0769. The minimum Gasteiger partial charge on any atom is -0.464 e. The first-order chi connectivity index (χ1) is 9.54. The van der Waals surface area contributed by atoms with Gasteiger partial charge >= 0.3 is 12.1 Å². The van der Waals surface area contributed by atoms with E-state index in [0.717, 1.165) is 0 Å². The summed E-state index contributed by atoms with van der Waals surface area (Å²) in [7, 11) is 0. The van der Waals surface area contributed by atoms with Crippen molar-refractivity contribution < 1.29 is 22.0 Å². The number of hydrogen-bond donors (Lipinski definition) is 0. The van der Waals surface area contributed by atoms with Crippen molar-refractivity contribution in [3.05, 3.63) is 48.6 Å². The van der Waals surface area contributed by atoms with Crippen molar-refractivity contribution in [3.8, 4) is 22.8 Å². The van der Waals surface area contributed by atoms with Crippen LogP contribution in [-0.2, 0) is 6.18 Å². The second kappa shape index (κ2) is 4.52. The highest BCUT2D eigenvalue weighted by Crippen LogP contribution is 2.31. The lowest BCUT2D eigenvalue weighted by Gasteiger charge is -2.00. The lowest BCUT2D eigenvalue weighted by molar-refractivity contribution is -0.156. The molecule has 2 heterocycles. The molecule has 0 spiro atoms. The molecular weight excluding hydrogens is 273 g/mol. The van der Waals surface area contributed by atoms with Crippen LogP contribution in [0.25, 0.3) is 22.8 Å². The fourth-order valence-corrected chi connectivity index (χ4v) is 1.70. The van der Waals surface area contributed by atoms with Crippen LogP contribution < -0.4 is 0 Å². The van der Waals surface area contributed by atoms with Gasteiger partial charge in [-0.25, -0.2) is 0 Å². The van der Waals surface area contributed by atoms with Crippen LogP contribution in [0, 0.1) is 0 Å². The van der Waals surface area contributed by atoms with Crippen molar-refractivity contribution in [3.63, 3.8) is 0 Å². The van der Waals surface area contributed by atoms with E-state index in [4.69, 9.17) is 4.42 Å². The van der Waals surface area contributed by atoms with Gasteiger partial charge in [0.1, 0.15) is 5.76 Å². The normalized spacial score (nSPS) is 11.8. The molecule has 0 bridgehead atoms. The van der Waals surface area contributed by atoms with Gasteiger partial charge in [0.25, 0.3) is 0 Å². The molecule has 0 atom stereocenters.